The molecule has 0 aromatic heterocycles. The molecule has 0 fully saturated rings. The van der Waals surface area contributed by atoms with Gasteiger partial charge in [-0.05, 0) is 30.5 Å². The molecule has 18 heavy (non-hydrogen) atoms. The van der Waals surface area contributed by atoms with Crippen LogP contribution in [0.15, 0.2) is 37.2 Å². The standard InChI is InChI=1S/C15H21ClN2/c1-4-7-8-9-18(6-3)15-12(5-2)10-13(16)11-14(15)17/h6,8-11H,3-5,7,17H2,1-2H3/b9-8-. The average molecular weight is 265 g/mol. The normalized spacial score (nSPS) is 10.8. The number of aryl methyl sites for hydroxylation is 1. The lowest BCUT2D eigenvalue weighted by Crippen LogP contribution is -2.11. The largest absolute Gasteiger partial charge is 0.397 e. The van der Waals surface area contributed by atoms with Crippen molar-refractivity contribution in [2.75, 3.05) is 10.6 Å². The molecule has 0 saturated heterocycles. The van der Waals surface area contributed by atoms with Gasteiger partial charge >= 0.3 is 0 Å². The molecule has 0 aliphatic rings. The van der Waals surface area contributed by atoms with E-state index < -0.39 is 0 Å². The second kappa shape index (κ2) is 7.12. The summed E-state index contributed by atoms with van der Waals surface area (Å²) in [5.41, 5.74) is 8.85. The summed E-state index contributed by atoms with van der Waals surface area (Å²) in [6, 6.07) is 3.73. The Balaban J connectivity index is 3.15. The number of rotatable bonds is 6. The first-order valence-corrected chi connectivity index (χ1v) is 6.67. The van der Waals surface area contributed by atoms with Crippen molar-refractivity contribution in [3.8, 4) is 0 Å². The molecule has 0 saturated carbocycles. The van der Waals surface area contributed by atoms with Crippen molar-refractivity contribution >= 4 is 23.0 Å². The third-order valence-electron chi connectivity index (χ3n) is 2.74. The van der Waals surface area contributed by atoms with E-state index in [1.54, 1.807) is 12.3 Å². The van der Waals surface area contributed by atoms with Crippen molar-refractivity contribution in [2.24, 2.45) is 0 Å². The van der Waals surface area contributed by atoms with Gasteiger partial charge in [0, 0.05) is 17.4 Å². The molecule has 2 N–H and O–H groups in total. The Bertz CT molecular complexity index is 438. The highest BCUT2D eigenvalue weighted by Gasteiger charge is 2.11. The molecule has 0 unspecified atom stereocenters. The minimum absolute atomic E-state index is 0.676. The van der Waals surface area contributed by atoms with E-state index in [9.17, 15) is 0 Å². The number of hydrogen-bond donors (Lipinski definition) is 1. The van der Waals surface area contributed by atoms with Crippen LogP contribution in [0.3, 0.4) is 0 Å². The van der Waals surface area contributed by atoms with Gasteiger partial charge in [0.05, 0.1) is 11.4 Å². The zero-order valence-electron chi connectivity index (χ0n) is 11.1. The summed E-state index contributed by atoms with van der Waals surface area (Å²) in [5.74, 6) is 0. The minimum atomic E-state index is 0.676. The summed E-state index contributed by atoms with van der Waals surface area (Å²) in [6.07, 6.45) is 8.94. The van der Waals surface area contributed by atoms with Gasteiger partial charge in [-0.15, -0.1) is 0 Å². The molecule has 0 spiro atoms. The maximum Gasteiger partial charge on any atom is 0.0713 e. The van der Waals surface area contributed by atoms with E-state index in [2.05, 4.69) is 26.5 Å². The molecule has 0 aliphatic heterocycles. The maximum absolute atomic E-state index is 6.07. The minimum Gasteiger partial charge on any atom is -0.397 e. The van der Waals surface area contributed by atoms with Gasteiger partial charge < -0.3 is 10.6 Å². The van der Waals surface area contributed by atoms with Crippen molar-refractivity contribution in [1.29, 1.82) is 0 Å². The Labute approximate surface area is 115 Å². The number of nitrogen functional groups attached to an aromatic ring is 1. The van der Waals surface area contributed by atoms with Gasteiger partial charge in [0.1, 0.15) is 0 Å². The lowest BCUT2D eigenvalue weighted by Gasteiger charge is -2.21. The number of allylic oxidation sites excluding steroid dienone is 1. The van der Waals surface area contributed by atoms with Crippen LogP contribution < -0.4 is 10.6 Å². The molecule has 0 bridgehead atoms. The molecule has 1 aromatic carbocycles. The average Bonchev–Trinajstić information content (AvgIpc) is 2.35. The molecule has 0 amide bonds. The number of unbranched alkanes of at least 4 members (excludes halogenated alkanes) is 1. The van der Waals surface area contributed by atoms with Gasteiger partial charge in [-0.1, -0.05) is 44.5 Å². The molecule has 3 heteroatoms. The van der Waals surface area contributed by atoms with Gasteiger partial charge in [-0.25, -0.2) is 0 Å². The zero-order chi connectivity index (χ0) is 13.5. The van der Waals surface area contributed by atoms with Crippen molar-refractivity contribution in [3.05, 3.63) is 47.8 Å². The summed E-state index contributed by atoms with van der Waals surface area (Å²) >= 11 is 6.03. The monoisotopic (exact) mass is 264 g/mol. The number of nitrogens with two attached hydrogens (primary N) is 1. The van der Waals surface area contributed by atoms with Gasteiger partial charge in [0.15, 0.2) is 0 Å². The highest BCUT2D eigenvalue weighted by molar-refractivity contribution is 6.31. The van der Waals surface area contributed by atoms with E-state index in [1.807, 2.05) is 17.2 Å². The molecule has 2 nitrogen and oxygen atoms in total. The first-order valence-electron chi connectivity index (χ1n) is 6.29. The summed E-state index contributed by atoms with van der Waals surface area (Å²) in [5, 5.41) is 0.676. The quantitative estimate of drug-likeness (QED) is 0.752. The number of hydrogen-bond acceptors (Lipinski definition) is 2. The van der Waals surface area contributed by atoms with Crippen molar-refractivity contribution in [2.45, 2.75) is 33.1 Å². The molecule has 0 heterocycles. The Morgan fingerprint density at radius 1 is 1.39 bits per heavy atom. The van der Waals surface area contributed by atoms with Gasteiger partial charge in [-0.3, -0.25) is 0 Å². The number of anilines is 2. The van der Waals surface area contributed by atoms with E-state index in [0.29, 0.717) is 10.7 Å². The van der Waals surface area contributed by atoms with Crippen LogP contribution in [0.5, 0.6) is 0 Å². The summed E-state index contributed by atoms with van der Waals surface area (Å²) in [6.45, 7) is 8.08. The topological polar surface area (TPSA) is 29.3 Å². The Morgan fingerprint density at radius 2 is 2.11 bits per heavy atom. The van der Waals surface area contributed by atoms with E-state index in [1.165, 1.54) is 0 Å². The Morgan fingerprint density at radius 3 is 2.67 bits per heavy atom. The van der Waals surface area contributed by atoms with Crippen LogP contribution in [0.2, 0.25) is 5.02 Å². The molecular weight excluding hydrogens is 244 g/mol. The van der Waals surface area contributed by atoms with Gasteiger partial charge in [0.2, 0.25) is 0 Å². The fourth-order valence-corrected chi connectivity index (χ4v) is 2.09. The molecular formula is C15H21ClN2. The second-order valence-electron chi connectivity index (χ2n) is 4.12. The molecule has 98 valence electrons. The molecule has 1 rings (SSSR count). The Hall–Kier alpha value is -1.41. The third kappa shape index (κ3) is 3.54. The summed E-state index contributed by atoms with van der Waals surface area (Å²) in [4.78, 5) is 1.96. The number of nitrogens with zero attached hydrogens (tertiary/aromatic N) is 1. The summed E-state index contributed by atoms with van der Waals surface area (Å²) < 4.78 is 0. The van der Waals surface area contributed by atoms with Crippen LogP contribution in [0.4, 0.5) is 11.4 Å². The van der Waals surface area contributed by atoms with Crippen LogP contribution in [0, 0.1) is 0 Å². The van der Waals surface area contributed by atoms with Gasteiger partial charge in [-0.2, -0.15) is 0 Å². The van der Waals surface area contributed by atoms with Crippen LogP contribution in [-0.2, 0) is 6.42 Å². The highest BCUT2D eigenvalue weighted by atomic mass is 35.5. The smallest absolute Gasteiger partial charge is 0.0713 e. The van der Waals surface area contributed by atoms with E-state index in [4.69, 9.17) is 17.3 Å². The fourth-order valence-electron chi connectivity index (χ4n) is 1.84. The maximum atomic E-state index is 6.07. The first-order chi connectivity index (χ1) is 8.63. The summed E-state index contributed by atoms with van der Waals surface area (Å²) in [7, 11) is 0. The fraction of sp³-hybridized carbons (Fsp3) is 0.333. The lowest BCUT2D eigenvalue weighted by molar-refractivity contribution is 0.953. The predicted octanol–water partition coefficient (Wildman–Crippen LogP) is 4.75. The van der Waals surface area contributed by atoms with Crippen LogP contribution in [0.25, 0.3) is 0 Å². The highest BCUT2D eigenvalue weighted by Crippen LogP contribution is 2.32. The Kier molecular flexibility index (Phi) is 5.79. The van der Waals surface area contributed by atoms with E-state index in [-0.39, 0.29) is 0 Å². The van der Waals surface area contributed by atoms with Crippen molar-refractivity contribution in [1.82, 2.24) is 0 Å². The van der Waals surface area contributed by atoms with E-state index >= 15 is 0 Å². The lowest BCUT2D eigenvalue weighted by atomic mass is 10.1. The van der Waals surface area contributed by atoms with Crippen LogP contribution in [0.1, 0.15) is 32.3 Å². The molecule has 0 aliphatic carbocycles. The predicted molar refractivity (Wildman–Crippen MR) is 82.0 cm³/mol. The third-order valence-corrected chi connectivity index (χ3v) is 2.96. The van der Waals surface area contributed by atoms with Crippen molar-refractivity contribution in [3.63, 3.8) is 0 Å². The van der Waals surface area contributed by atoms with Crippen LogP contribution >= 0.6 is 11.6 Å². The second-order valence-corrected chi connectivity index (χ2v) is 4.56. The van der Waals surface area contributed by atoms with Crippen molar-refractivity contribution < 1.29 is 0 Å². The number of benzene rings is 1. The molecule has 0 atom stereocenters. The number of halogens is 1. The van der Waals surface area contributed by atoms with Gasteiger partial charge in [0.25, 0.3) is 0 Å². The first kappa shape index (κ1) is 14.7. The van der Waals surface area contributed by atoms with Crippen LogP contribution in [-0.4, -0.2) is 0 Å². The zero-order valence-corrected chi connectivity index (χ0v) is 11.9. The van der Waals surface area contributed by atoms with E-state index in [0.717, 1.165) is 30.5 Å². The SMILES string of the molecule is C=CN(/C=C\CCC)c1c(N)cc(Cl)cc1CC. The molecule has 1 aromatic rings. The molecule has 0 radical (unpaired) electrons.